The Kier molecular flexibility index (Phi) is 3.28. The highest BCUT2D eigenvalue weighted by Gasteiger charge is 2.51. The molecule has 0 aromatic rings. The first-order chi connectivity index (χ1) is 6.75. The number of hydrogen-bond acceptors (Lipinski definition) is 2. The number of alkyl halides is 3. The molecule has 0 aromatic carbocycles. The second kappa shape index (κ2) is 4.00. The van der Waals surface area contributed by atoms with E-state index in [1.807, 2.05) is 0 Å². The van der Waals surface area contributed by atoms with Crippen molar-refractivity contribution in [3.05, 3.63) is 0 Å². The van der Waals surface area contributed by atoms with Crippen LogP contribution in [0.15, 0.2) is 0 Å². The molecule has 1 heterocycles. The summed E-state index contributed by atoms with van der Waals surface area (Å²) in [6, 6.07) is -2.65. The molecule has 2 unspecified atom stereocenters. The number of primary amides is 1. The van der Waals surface area contributed by atoms with Crippen molar-refractivity contribution in [3.63, 3.8) is 0 Å². The number of nitrogens with zero attached hydrogens (tertiary/aromatic N) is 1. The van der Waals surface area contributed by atoms with E-state index in [1.165, 1.54) is 4.90 Å². The molecule has 1 amide bonds. The Balaban J connectivity index is 2.90. The molecule has 1 aliphatic heterocycles. The largest absolute Gasteiger partial charge is 0.404 e. The molecule has 1 fully saturated rings. The molecule has 6 heteroatoms. The number of hydrogen-bond donors (Lipinski definition) is 1. The number of likely N-dealkylation sites (tertiary alicyclic amines) is 1. The van der Waals surface area contributed by atoms with Gasteiger partial charge < -0.3 is 5.73 Å². The summed E-state index contributed by atoms with van der Waals surface area (Å²) in [5.74, 6) is -0.671. The maximum absolute atomic E-state index is 12.6. The van der Waals surface area contributed by atoms with Gasteiger partial charge in [-0.1, -0.05) is 0 Å². The lowest BCUT2D eigenvalue weighted by atomic mass is 10.2. The zero-order valence-corrected chi connectivity index (χ0v) is 8.71. The summed E-state index contributed by atoms with van der Waals surface area (Å²) in [7, 11) is 0. The summed E-state index contributed by atoms with van der Waals surface area (Å²) in [6.07, 6.45) is -4.14. The van der Waals surface area contributed by atoms with E-state index in [2.05, 4.69) is 0 Å². The van der Waals surface area contributed by atoms with Gasteiger partial charge in [0.05, 0.1) is 6.04 Å². The number of halogens is 3. The molecule has 0 spiro atoms. The maximum Gasteiger partial charge on any atom is 0.404 e. The van der Waals surface area contributed by atoms with Gasteiger partial charge in [-0.25, -0.2) is 0 Å². The van der Waals surface area contributed by atoms with Crippen molar-refractivity contribution in [2.45, 2.75) is 51.0 Å². The third kappa shape index (κ3) is 2.42. The van der Waals surface area contributed by atoms with E-state index < -0.39 is 24.2 Å². The fourth-order valence-corrected chi connectivity index (χ4v) is 2.17. The lowest BCUT2D eigenvalue weighted by molar-refractivity contribution is -0.183. The van der Waals surface area contributed by atoms with Gasteiger partial charge in [0.15, 0.2) is 0 Å². The van der Waals surface area contributed by atoms with E-state index in [4.69, 9.17) is 5.73 Å². The van der Waals surface area contributed by atoms with E-state index in [0.717, 1.165) is 0 Å². The van der Waals surface area contributed by atoms with Gasteiger partial charge in [0, 0.05) is 6.04 Å². The van der Waals surface area contributed by atoms with Crippen LogP contribution in [0.4, 0.5) is 13.2 Å². The van der Waals surface area contributed by atoms with Crippen LogP contribution in [-0.2, 0) is 4.79 Å². The number of carbonyl (C=O) groups is 1. The van der Waals surface area contributed by atoms with Gasteiger partial charge in [0.2, 0.25) is 5.91 Å². The molecule has 0 radical (unpaired) electrons. The summed E-state index contributed by atoms with van der Waals surface area (Å²) in [4.78, 5) is 12.2. The standard InChI is InChI=1S/C9H15F3N2O/c1-5(2)14-6(8(13)15)3-4-7(14)9(10,11)12/h5-7H,3-4H2,1-2H3,(H2,13,15). The van der Waals surface area contributed by atoms with Crippen LogP contribution < -0.4 is 5.73 Å². The molecule has 1 aliphatic rings. The molecule has 88 valence electrons. The van der Waals surface area contributed by atoms with Crippen LogP contribution in [0, 0.1) is 0 Å². The second-order valence-electron chi connectivity index (χ2n) is 4.09. The smallest absolute Gasteiger partial charge is 0.368 e. The summed E-state index contributed by atoms with van der Waals surface area (Å²) in [5.41, 5.74) is 5.08. The van der Waals surface area contributed by atoms with Crippen LogP contribution in [-0.4, -0.2) is 35.1 Å². The van der Waals surface area contributed by atoms with E-state index >= 15 is 0 Å². The molecule has 0 aromatic heterocycles. The Labute approximate surface area is 86.4 Å². The second-order valence-corrected chi connectivity index (χ2v) is 4.09. The first kappa shape index (κ1) is 12.3. The lowest BCUT2D eigenvalue weighted by Crippen LogP contribution is -2.52. The molecule has 15 heavy (non-hydrogen) atoms. The van der Waals surface area contributed by atoms with E-state index in [0.29, 0.717) is 0 Å². The average molecular weight is 224 g/mol. The normalized spacial score (nSPS) is 28.7. The number of rotatable bonds is 2. The Hall–Kier alpha value is -0.780. The molecule has 1 rings (SSSR count). The van der Waals surface area contributed by atoms with E-state index in [1.54, 1.807) is 13.8 Å². The number of carbonyl (C=O) groups excluding carboxylic acids is 1. The van der Waals surface area contributed by atoms with Crippen molar-refractivity contribution in [2.75, 3.05) is 0 Å². The topological polar surface area (TPSA) is 46.3 Å². The van der Waals surface area contributed by atoms with Crippen molar-refractivity contribution in [1.29, 1.82) is 0 Å². The van der Waals surface area contributed by atoms with Crippen molar-refractivity contribution in [2.24, 2.45) is 5.73 Å². The van der Waals surface area contributed by atoms with Crippen molar-refractivity contribution in [1.82, 2.24) is 4.90 Å². The zero-order chi connectivity index (χ0) is 11.8. The number of amides is 1. The zero-order valence-electron chi connectivity index (χ0n) is 8.71. The molecule has 2 N–H and O–H groups in total. The summed E-state index contributed by atoms with van der Waals surface area (Å²) < 4.78 is 37.8. The monoisotopic (exact) mass is 224 g/mol. The van der Waals surface area contributed by atoms with Crippen LogP contribution in [0.1, 0.15) is 26.7 Å². The molecule has 2 atom stereocenters. The van der Waals surface area contributed by atoms with Crippen LogP contribution >= 0.6 is 0 Å². The Bertz CT molecular complexity index is 252. The minimum Gasteiger partial charge on any atom is -0.368 e. The molecule has 3 nitrogen and oxygen atoms in total. The summed E-state index contributed by atoms with van der Waals surface area (Å²) in [6.45, 7) is 3.28. The Morgan fingerprint density at radius 3 is 2.27 bits per heavy atom. The van der Waals surface area contributed by atoms with Gasteiger partial charge in [0.25, 0.3) is 0 Å². The highest BCUT2D eigenvalue weighted by molar-refractivity contribution is 5.80. The lowest BCUT2D eigenvalue weighted by Gasteiger charge is -2.33. The average Bonchev–Trinajstić information content (AvgIpc) is 2.45. The summed E-state index contributed by atoms with van der Waals surface area (Å²) in [5, 5.41) is 0. The van der Waals surface area contributed by atoms with Gasteiger partial charge in [-0.3, -0.25) is 9.69 Å². The van der Waals surface area contributed by atoms with Crippen molar-refractivity contribution >= 4 is 5.91 Å². The predicted octanol–water partition coefficient (Wildman–Crippen LogP) is 1.28. The molecule has 0 saturated carbocycles. The van der Waals surface area contributed by atoms with Crippen LogP contribution in [0.3, 0.4) is 0 Å². The summed E-state index contributed by atoms with van der Waals surface area (Å²) >= 11 is 0. The third-order valence-corrected chi connectivity index (χ3v) is 2.74. The van der Waals surface area contributed by atoms with Gasteiger partial charge in [0.1, 0.15) is 6.04 Å². The van der Waals surface area contributed by atoms with Crippen LogP contribution in [0.5, 0.6) is 0 Å². The quantitative estimate of drug-likeness (QED) is 0.767. The third-order valence-electron chi connectivity index (χ3n) is 2.74. The Morgan fingerprint density at radius 2 is 1.93 bits per heavy atom. The van der Waals surface area contributed by atoms with E-state index in [-0.39, 0.29) is 18.9 Å². The fourth-order valence-electron chi connectivity index (χ4n) is 2.17. The van der Waals surface area contributed by atoms with Gasteiger partial charge in [-0.2, -0.15) is 13.2 Å². The Morgan fingerprint density at radius 1 is 1.40 bits per heavy atom. The highest BCUT2D eigenvalue weighted by Crippen LogP contribution is 2.36. The molecular formula is C9H15F3N2O. The molecular weight excluding hydrogens is 209 g/mol. The SMILES string of the molecule is CC(C)N1C(C(N)=O)CCC1C(F)(F)F. The van der Waals surface area contributed by atoms with Gasteiger partial charge in [-0.15, -0.1) is 0 Å². The van der Waals surface area contributed by atoms with Gasteiger partial charge >= 0.3 is 6.18 Å². The minimum absolute atomic E-state index is 0.0463. The van der Waals surface area contributed by atoms with Crippen molar-refractivity contribution < 1.29 is 18.0 Å². The van der Waals surface area contributed by atoms with Crippen LogP contribution in [0.2, 0.25) is 0 Å². The van der Waals surface area contributed by atoms with Crippen molar-refractivity contribution in [3.8, 4) is 0 Å². The number of nitrogens with two attached hydrogens (primary N) is 1. The first-order valence-electron chi connectivity index (χ1n) is 4.88. The highest BCUT2D eigenvalue weighted by atomic mass is 19.4. The van der Waals surface area contributed by atoms with Gasteiger partial charge in [-0.05, 0) is 26.7 Å². The first-order valence-corrected chi connectivity index (χ1v) is 4.88. The fraction of sp³-hybridized carbons (Fsp3) is 0.889. The molecule has 1 saturated heterocycles. The van der Waals surface area contributed by atoms with E-state index in [9.17, 15) is 18.0 Å². The maximum atomic E-state index is 12.6. The molecule has 0 aliphatic carbocycles. The minimum atomic E-state index is -4.28. The van der Waals surface area contributed by atoms with Crippen LogP contribution in [0.25, 0.3) is 0 Å². The predicted molar refractivity (Wildman–Crippen MR) is 49.0 cm³/mol. The molecule has 0 bridgehead atoms.